The van der Waals surface area contributed by atoms with Crippen molar-refractivity contribution in [2.75, 3.05) is 0 Å². The van der Waals surface area contributed by atoms with Crippen LogP contribution in [-0.4, -0.2) is 9.13 Å². The number of nitriles is 3. The molecule has 75 heavy (non-hydrogen) atoms. The third-order valence-corrected chi connectivity index (χ3v) is 13.6. The van der Waals surface area contributed by atoms with Crippen LogP contribution < -0.4 is 0 Å². The average molecular weight is 970 g/mol. The van der Waals surface area contributed by atoms with E-state index >= 15 is 13.2 Å². The highest BCUT2D eigenvalue weighted by Gasteiger charge is 2.35. The number of alkyl halides is 3. The summed E-state index contributed by atoms with van der Waals surface area (Å²) in [6.45, 7) is 33.9. The van der Waals surface area contributed by atoms with E-state index in [1.165, 1.54) is 30.3 Å². The summed E-state index contributed by atoms with van der Waals surface area (Å²) in [6.07, 6.45) is -4.71. The van der Waals surface area contributed by atoms with Crippen LogP contribution in [0.3, 0.4) is 0 Å². The SMILES string of the molecule is [C-]#[N+]c1cc(C#N)c(-c2ccc3c(c2)c2ccccc2n3-c2cccc([N+]#[C-])c2-c2cc(-c3c(C)cccc3C(F)(F)F)ccc2-n2c3ccccc3c3cc(-c4c(C#N)cc(C#N)cc4[N+]#[C-])ccc32)c([N+]#[C-])c1. The van der Waals surface area contributed by atoms with Gasteiger partial charge in [0.15, 0.2) is 22.7 Å². The molecule has 11 aromatic rings. The Morgan fingerprint density at radius 3 is 1.55 bits per heavy atom. The first-order chi connectivity index (χ1) is 36.4. The lowest BCUT2D eigenvalue weighted by molar-refractivity contribution is -0.137. The Bertz CT molecular complexity index is 4570. The van der Waals surface area contributed by atoms with Crippen LogP contribution in [0.4, 0.5) is 35.9 Å². The molecule has 0 saturated heterocycles. The molecule has 0 spiro atoms. The maximum absolute atomic E-state index is 15.1. The molecule has 12 heteroatoms. The summed E-state index contributed by atoms with van der Waals surface area (Å²) in [5.41, 5.74) is 7.74. The number of benzene rings is 9. The highest BCUT2D eigenvalue weighted by Crippen LogP contribution is 2.49. The van der Waals surface area contributed by atoms with Gasteiger partial charge in [0.1, 0.15) is 0 Å². The minimum Gasteiger partial charge on any atom is -0.310 e. The van der Waals surface area contributed by atoms with Crippen molar-refractivity contribution in [1.29, 1.82) is 15.8 Å². The summed E-state index contributed by atoms with van der Waals surface area (Å²) in [5.74, 6) is 0. The highest BCUT2D eigenvalue weighted by atomic mass is 19.4. The fourth-order valence-electron chi connectivity index (χ4n) is 10.6. The van der Waals surface area contributed by atoms with Crippen molar-refractivity contribution < 1.29 is 13.2 Å². The zero-order valence-corrected chi connectivity index (χ0v) is 39.2. The van der Waals surface area contributed by atoms with Gasteiger partial charge in [-0.1, -0.05) is 84.9 Å². The van der Waals surface area contributed by atoms with Crippen LogP contribution in [-0.2, 0) is 6.18 Å². The third kappa shape index (κ3) is 7.34. The second-order valence-electron chi connectivity index (χ2n) is 17.7. The number of hydrogen-bond acceptors (Lipinski definition) is 3. The van der Waals surface area contributed by atoms with Gasteiger partial charge < -0.3 is 9.13 Å². The Morgan fingerprint density at radius 2 is 0.973 bits per heavy atom. The predicted molar refractivity (Wildman–Crippen MR) is 286 cm³/mol. The van der Waals surface area contributed by atoms with E-state index in [4.69, 9.17) is 26.3 Å². The lowest BCUT2D eigenvalue weighted by Gasteiger charge is -2.22. The van der Waals surface area contributed by atoms with Crippen LogP contribution in [0.1, 0.15) is 27.8 Å². The second-order valence-corrected chi connectivity index (χ2v) is 17.7. The number of aromatic nitrogens is 2. The van der Waals surface area contributed by atoms with Gasteiger partial charge in [0.2, 0.25) is 0 Å². The van der Waals surface area contributed by atoms with E-state index in [1.807, 2.05) is 100 Å². The molecule has 0 radical (unpaired) electrons. The molecule has 0 saturated carbocycles. The molecule has 0 amide bonds. The quantitative estimate of drug-likeness (QED) is 0.155. The smallest absolute Gasteiger partial charge is 0.310 e. The van der Waals surface area contributed by atoms with E-state index in [0.29, 0.717) is 61.4 Å². The lowest BCUT2D eigenvalue weighted by atomic mass is 9.90. The normalized spacial score (nSPS) is 11.1. The van der Waals surface area contributed by atoms with Crippen LogP contribution in [0.25, 0.3) is 119 Å². The van der Waals surface area contributed by atoms with Crippen LogP contribution in [0, 0.1) is 67.2 Å². The minimum atomic E-state index is -4.71. The number of nitrogens with zero attached hydrogens (tertiary/aromatic N) is 9. The molecule has 0 N–H and O–H groups in total. The van der Waals surface area contributed by atoms with Gasteiger partial charge in [-0.2, -0.15) is 29.0 Å². The van der Waals surface area contributed by atoms with Crippen LogP contribution in [0.15, 0.2) is 164 Å². The Labute approximate surface area is 427 Å². The fraction of sp³-hybridized carbons (Fsp3) is 0.0317. The number of fused-ring (bicyclic) bond motifs is 6. The zero-order chi connectivity index (χ0) is 52.3. The predicted octanol–water partition coefficient (Wildman–Crippen LogP) is 17.7. The van der Waals surface area contributed by atoms with E-state index in [2.05, 4.69) is 31.5 Å². The van der Waals surface area contributed by atoms with Gasteiger partial charge in [-0.05, 0) is 119 Å². The Morgan fingerprint density at radius 1 is 0.440 bits per heavy atom. The Hall–Kier alpha value is -11.2. The largest absolute Gasteiger partial charge is 0.417 e. The van der Waals surface area contributed by atoms with Gasteiger partial charge in [0, 0.05) is 55.0 Å². The van der Waals surface area contributed by atoms with Crippen molar-refractivity contribution in [3.8, 4) is 74.1 Å². The van der Waals surface area contributed by atoms with E-state index in [1.54, 1.807) is 49.4 Å². The Balaban J connectivity index is 1.24. The van der Waals surface area contributed by atoms with Gasteiger partial charge >= 0.3 is 6.18 Å². The van der Waals surface area contributed by atoms with Crippen molar-refractivity contribution in [1.82, 2.24) is 9.13 Å². The maximum atomic E-state index is 15.1. The molecular formula is C63H30F3N9. The molecule has 9 aromatic carbocycles. The Kier molecular flexibility index (Phi) is 11.0. The molecule has 0 unspecified atom stereocenters. The highest BCUT2D eigenvalue weighted by molar-refractivity contribution is 6.14. The molecule has 2 heterocycles. The lowest BCUT2D eigenvalue weighted by Crippen LogP contribution is -2.08. The summed E-state index contributed by atoms with van der Waals surface area (Å²) >= 11 is 0. The molecule has 0 aliphatic rings. The monoisotopic (exact) mass is 969 g/mol. The van der Waals surface area contributed by atoms with Crippen molar-refractivity contribution in [2.45, 2.75) is 13.1 Å². The van der Waals surface area contributed by atoms with Gasteiger partial charge in [-0.15, -0.1) is 0 Å². The summed E-state index contributed by atoms with van der Waals surface area (Å²) in [4.78, 5) is 15.0. The molecule has 9 nitrogen and oxygen atoms in total. The first-order valence-corrected chi connectivity index (χ1v) is 23.0. The van der Waals surface area contributed by atoms with Crippen LogP contribution in [0.5, 0.6) is 0 Å². The van der Waals surface area contributed by atoms with Gasteiger partial charge in [0.25, 0.3) is 0 Å². The minimum absolute atomic E-state index is 0.0119. The van der Waals surface area contributed by atoms with Gasteiger partial charge in [0.05, 0.1) is 83.4 Å². The molecule has 0 fully saturated rings. The van der Waals surface area contributed by atoms with Gasteiger partial charge in [-0.3, -0.25) is 0 Å². The van der Waals surface area contributed by atoms with Crippen molar-refractivity contribution in [2.24, 2.45) is 0 Å². The number of rotatable bonds is 6. The molecule has 0 aliphatic heterocycles. The zero-order valence-electron chi connectivity index (χ0n) is 39.2. The molecule has 0 aliphatic carbocycles. The van der Waals surface area contributed by atoms with Crippen LogP contribution in [0.2, 0.25) is 0 Å². The summed E-state index contributed by atoms with van der Waals surface area (Å²) in [7, 11) is 0. The standard InChI is InChI=1S/C63H30F3N9/c1-36-12-10-15-49(63(64,65)66)59(36)38-20-25-57(74-53-17-8-6-13-44(53)46-29-39(21-23-55(46)74)60-41(34-68)26-37(33-67)27-51(60)72-4)48(31-38)62-50(71-3)16-11-19-58(62)75-54-18-9-7-14-45(54)47-30-40(22-24-56(47)75)61-42(35-69)28-43(70-2)32-52(61)73-5/h6-32H,1H3. The molecule has 11 rings (SSSR count). The van der Waals surface area contributed by atoms with Crippen LogP contribution >= 0.6 is 0 Å². The van der Waals surface area contributed by atoms with E-state index in [0.717, 1.165) is 38.6 Å². The molecule has 0 bridgehead atoms. The van der Waals surface area contributed by atoms with E-state index < -0.39 is 11.7 Å². The number of halogens is 3. The third-order valence-electron chi connectivity index (χ3n) is 13.6. The average Bonchev–Trinajstić information content (AvgIpc) is 3.96. The molecule has 348 valence electrons. The van der Waals surface area contributed by atoms with Crippen molar-refractivity contribution in [3.63, 3.8) is 0 Å². The molecule has 0 atom stereocenters. The summed E-state index contributed by atoms with van der Waals surface area (Å²) in [6, 6.07) is 53.3. The van der Waals surface area contributed by atoms with Crippen molar-refractivity contribution in [3.05, 3.63) is 237 Å². The molecule has 2 aromatic heterocycles. The number of aryl methyl sites for hydroxylation is 1. The first kappa shape index (κ1) is 46.2. The fourth-order valence-corrected chi connectivity index (χ4v) is 10.6. The molecular weight excluding hydrogens is 940 g/mol. The summed E-state index contributed by atoms with van der Waals surface area (Å²) < 4.78 is 49.2. The van der Waals surface area contributed by atoms with E-state index in [9.17, 15) is 15.8 Å². The number of para-hydroxylation sites is 2. The first-order valence-electron chi connectivity index (χ1n) is 23.0. The van der Waals surface area contributed by atoms with Gasteiger partial charge in [-0.25, -0.2) is 19.4 Å². The van der Waals surface area contributed by atoms with Crippen molar-refractivity contribution >= 4 is 66.4 Å². The summed E-state index contributed by atoms with van der Waals surface area (Å²) in [5, 5.41) is 33.3. The van der Waals surface area contributed by atoms with E-state index in [-0.39, 0.29) is 50.6 Å². The second kappa shape index (κ2) is 17.9. The maximum Gasteiger partial charge on any atom is 0.417 e. The number of hydrogen-bond donors (Lipinski definition) is 0. The topological polar surface area (TPSA) is 98.7 Å².